The highest BCUT2D eigenvalue weighted by Gasteiger charge is 2.54. The first-order chi connectivity index (χ1) is 22.4. The average molecular weight is 705 g/mol. The van der Waals surface area contributed by atoms with Crippen LogP contribution in [0, 0.1) is 40.9 Å². The van der Waals surface area contributed by atoms with Gasteiger partial charge in [0.15, 0.2) is 0 Å². The molecule has 0 bridgehead atoms. The number of fused-ring (bicyclic) bond motifs is 1. The van der Waals surface area contributed by atoms with E-state index in [1.165, 1.54) is 84.0 Å². The molecule has 6 rings (SSSR count). The van der Waals surface area contributed by atoms with Crippen LogP contribution >= 0.6 is 0 Å². The standard InChI is InChI=1S/C12H23N.C11H21N.C11H23N.C10H21N.2CH4/c1-9(2)11-7-12(5-6-12)8-13(11)10(3)4;1-7(2)11-10-5-9(10)6-12(11)8(3)4;1-9(2)11-7-5-6-8-12(11)10(3)4;1-8(2)10-6-5-7-11(10)9(3)4;;/h9-11H,5-8H2,1-4H3;7-11H,5-6H2,1-4H3;9-11H,5-8H2,1-4H3;8-10H,5-7H2,1-4H3;2*1H4. The Morgan fingerprint density at radius 2 is 0.920 bits per heavy atom. The van der Waals surface area contributed by atoms with Crippen LogP contribution < -0.4 is 0 Å². The van der Waals surface area contributed by atoms with Crippen LogP contribution in [0.15, 0.2) is 0 Å². The fraction of sp³-hybridized carbons (Fsp3) is 1.00. The Balaban J connectivity index is 0.000000330. The largest absolute Gasteiger partial charge is 0.298 e. The molecule has 6 atom stereocenters. The lowest BCUT2D eigenvalue weighted by atomic mass is 9.92. The second kappa shape index (κ2) is 21.1. The van der Waals surface area contributed by atoms with Crippen molar-refractivity contribution in [2.24, 2.45) is 40.9 Å². The Hall–Kier alpha value is -0.160. The van der Waals surface area contributed by atoms with Gasteiger partial charge in [-0.15, -0.1) is 0 Å². The van der Waals surface area contributed by atoms with E-state index in [-0.39, 0.29) is 14.9 Å². The molecule has 4 heterocycles. The molecule has 50 heavy (non-hydrogen) atoms. The third-order valence-corrected chi connectivity index (χ3v) is 13.4. The van der Waals surface area contributed by atoms with Crippen molar-refractivity contribution >= 4 is 0 Å². The molecule has 6 fully saturated rings. The number of hydrogen-bond acceptors (Lipinski definition) is 4. The van der Waals surface area contributed by atoms with Crippen LogP contribution in [-0.4, -0.2) is 94.1 Å². The second-order valence-electron chi connectivity index (χ2n) is 19.9. The van der Waals surface area contributed by atoms with Crippen molar-refractivity contribution in [2.75, 3.05) is 26.2 Å². The maximum absolute atomic E-state index is 2.73. The minimum Gasteiger partial charge on any atom is -0.298 e. The minimum atomic E-state index is 0. The van der Waals surface area contributed by atoms with Gasteiger partial charge in [0.05, 0.1) is 0 Å². The molecule has 2 saturated carbocycles. The van der Waals surface area contributed by atoms with E-state index < -0.39 is 0 Å². The Labute approximate surface area is 317 Å². The number of rotatable bonds is 8. The topological polar surface area (TPSA) is 13.0 Å². The number of hydrogen-bond donors (Lipinski definition) is 0. The van der Waals surface area contributed by atoms with Gasteiger partial charge in [0.1, 0.15) is 0 Å². The third kappa shape index (κ3) is 13.0. The monoisotopic (exact) mass is 705 g/mol. The predicted molar refractivity (Wildman–Crippen MR) is 226 cm³/mol. The summed E-state index contributed by atoms with van der Waals surface area (Å²) < 4.78 is 0. The normalized spacial score (nSPS) is 30.7. The lowest BCUT2D eigenvalue weighted by molar-refractivity contribution is 0.0808. The zero-order valence-corrected chi connectivity index (χ0v) is 35.6. The molecule has 0 radical (unpaired) electrons. The smallest absolute Gasteiger partial charge is 0.0152 e. The zero-order chi connectivity index (χ0) is 36.1. The molecule has 4 saturated heterocycles. The summed E-state index contributed by atoms with van der Waals surface area (Å²) in [7, 11) is 0. The lowest BCUT2D eigenvalue weighted by Gasteiger charge is -2.40. The maximum Gasteiger partial charge on any atom is 0.0152 e. The van der Waals surface area contributed by atoms with Gasteiger partial charge in [0.2, 0.25) is 0 Å². The highest BCUT2D eigenvalue weighted by atomic mass is 15.2. The molecule has 1 spiro atoms. The van der Waals surface area contributed by atoms with E-state index in [0.29, 0.717) is 0 Å². The molecule has 300 valence electrons. The van der Waals surface area contributed by atoms with Crippen LogP contribution in [0.1, 0.15) is 183 Å². The van der Waals surface area contributed by atoms with Crippen molar-refractivity contribution in [3.05, 3.63) is 0 Å². The highest BCUT2D eigenvalue weighted by Crippen LogP contribution is 2.56. The number of likely N-dealkylation sites (tertiary alicyclic amines) is 4. The molecule has 4 nitrogen and oxygen atoms in total. The maximum atomic E-state index is 2.73. The summed E-state index contributed by atoms with van der Waals surface area (Å²) in [6, 6.07) is 6.44. The van der Waals surface area contributed by atoms with Gasteiger partial charge in [0, 0.05) is 61.4 Å². The van der Waals surface area contributed by atoms with Gasteiger partial charge in [-0.05, 0) is 161 Å². The van der Waals surface area contributed by atoms with Crippen LogP contribution in [0.3, 0.4) is 0 Å². The van der Waals surface area contributed by atoms with Crippen molar-refractivity contribution in [3.8, 4) is 0 Å². The highest BCUT2D eigenvalue weighted by molar-refractivity contribution is 5.06. The fourth-order valence-electron chi connectivity index (χ4n) is 10.3. The molecule has 6 unspecified atom stereocenters. The van der Waals surface area contributed by atoms with Gasteiger partial charge >= 0.3 is 0 Å². The molecule has 4 aliphatic heterocycles. The van der Waals surface area contributed by atoms with E-state index in [1.807, 2.05) is 0 Å². The molecule has 0 amide bonds. The molecule has 4 heteroatoms. The van der Waals surface area contributed by atoms with E-state index in [1.54, 1.807) is 0 Å². The molecule has 0 aromatic heterocycles. The van der Waals surface area contributed by atoms with Gasteiger partial charge in [-0.1, -0.05) is 76.7 Å². The van der Waals surface area contributed by atoms with Gasteiger partial charge in [-0.3, -0.25) is 19.6 Å². The Bertz CT molecular complexity index is 846. The zero-order valence-electron chi connectivity index (χ0n) is 35.6. The van der Waals surface area contributed by atoms with Crippen molar-refractivity contribution in [3.63, 3.8) is 0 Å². The summed E-state index contributed by atoms with van der Waals surface area (Å²) in [5, 5.41) is 0. The summed E-state index contributed by atoms with van der Waals surface area (Å²) in [5.74, 6) is 5.48. The van der Waals surface area contributed by atoms with E-state index in [0.717, 1.165) is 89.3 Å². The van der Waals surface area contributed by atoms with Crippen molar-refractivity contribution < 1.29 is 0 Å². The van der Waals surface area contributed by atoms with Gasteiger partial charge < -0.3 is 0 Å². The molecule has 0 aromatic carbocycles. The fourth-order valence-corrected chi connectivity index (χ4v) is 10.3. The van der Waals surface area contributed by atoms with E-state index >= 15 is 0 Å². The van der Waals surface area contributed by atoms with Gasteiger partial charge in [-0.2, -0.15) is 0 Å². The van der Waals surface area contributed by atoms with Crippen molar-refractivity contribution in [2.45, 2.75) is 232 Å². The van der Waals surface area contributed by atoms with Crippen LogP contribution in [0.5, 0.6) is 0 Å². The van der Waals surface area contributed by atoms with Crippen molar-refractivity contribution in [1.82, 2.24) is 19.6 Å². The predicted octanol–water partition coefficient (Wildman–Crippen LogP) is 12.0. The number of nitrogens with zero attached hydrogens (tertiary/aromatic N) is 4. The number of piperidine rings is 2. The first kappa shape index (κ1) is 47.9. The van der Waals surface area contributed by atoms with Crippen LogP contribution in [-0.2, 0) is 0 Å². The minimum absolute atomic E-state index is 0. The second-order valence-corrected chi connectivity index (χ2v) is 19.9. The molecular formula is C46H96N4. The quantitative estimate of drug-likeness (QED) is 0.249. The first-order valence-electron chi connectivity index (χ1n) is 21.4. The summed E-state index contributed by atoms with van der Waals surface area (Å²) in [4.78, 5) is 10.8. The first-order valence-corrected chi connectivity index (χ1v) is 21.4. The third-order valence-electron chi connectivity index (χ3n) is 13.4. The van der Waals surface area contributed by atoms with Crippen LogP contribution in [0.4, 0.5) is 0 Å². The molecule has 2 aliphatic carbocycles. The van der Waals surface area contributed by atoms with E-state index in [9.17, 15) is 0 Å². The Morgan fingerprint density at radius 1 is 0.480 bits per heavy atom. The van der Waals surface area contributed by atoms with E-state index in [2.05, 4.69) is 130 Å². The molecule has 0 aromatic rings. The lowest BCUT2D eigenvalue weighted by Crippen LogP contribution is -2.46. The molecule has 0 N–H and O–H groups in total. The Kier molecular flexibility index (Phi) is 20.2. The summed E-state index contributed by atoms with van der Waals surface area (Å²) in [5.41, 5.74) is 0.777. The Morgan fingerprint density at radius 3 is 1.26 bits per heavy atom. The van der Waals surface area contributed by atoms with E-state index in [4.69, 9.17) is 0 Å². The van der Waals surface area contributed by atoms with Gasteiger partial charge in [-0.25, -0.2) is 0 Å². The average Bonchev–Trinajstić information content (AvgIpc) is 3.73. The van der Waals surface area contributed by atoms with Crippen molar-refractivity contribution in [1.29, 1.82) is 0 Å². The van der Waals surface area contributed by atoms with Crippen LogP contribution in [0.25, 0.3) is 0 Å². The van der Waals surface area contributed by atoms with Gasteiger partial charge in [0.25, 0.3) is 0 Å². The van der Waals surface area contributed by atoms with Crippen LogP contribution in [0.2, 0.25) is 0 Å². The summed E-state index contributed by atoms with van der Waals surface area (Å²) in [6.07, 6.45) is 13.1. The SMILES string of the molecule is C.C.CC(C)C1C2CC2CN1C(C)C.CC(C)C1CC2(CC2)CN1C(C)C.CC(C)C1CCCCN1C(C)C.CC(C)C1CCCN1C(C)C. The molecule has 6 aliphatic rings. The summed E-state index contributed by atoms with van der Waals surface area (Å²) in [6.45, 7) is 42.9. The molecular weight excluding hydrogens is 609 g/mol. The summed E-state index contributed by atoms with van der Waals surface area (Å²) >= 11 is 0.